The smallest absolute Gasteiger partial charge is 0.336 e. The number of ketones is 1. The number of carbonyl (C=O) groups is 3. The molecule has 3 aromatic rings. The number of aromatic nitrogens is 2. The van der Waals surface area contributed by atoms with E-state index in [-0.39, 0.29) is 50.7 Å². The molecule has 0 bridgehead atoms. The number of nitrogens with zero attached hydrogens (tertiary/aromatic N) is 1. The number of aromatic carboxylic acids is 1. The predicted octanol–water partition coefficient (Wildman–Crippen LogP) is 2.08. The number of nitrogens with one attached hydrogen (secondary N) is 2. The number of fused-ring (bicyclic) bond motifs is 2. The molecule has 0 unspecified atom stereocenters. The van der Waals surface area contributed by atoms with Gasteiger partial charge in [-0.25, -0.2) is 9.78 Å². The van der Waals surface area contributed by atoms with Crippen LogP contribution in [0.4, 0.5) is 0 Å². The van der Waals surface area contributed by atoms with Gasteiger partial charge in [-0.15, -0.1) is 0 Å². The highest BCUT2D eigenvalue weighted by atomic mass is 16.4. The lowest BCUT2D eigenvalue weighted by molar-refractivity contribution is -0.0601. The summed E-state index contributed by atoms with van der Waals surface area (Å²) in [6.45, 7) is 0.749. The van der Waals surface area contributed by atoms with Crippen LogP contribution in [0.25, 0.3) is 33.4 Å². The molecule has 1 aliphatic heterocycles. The fraction of sp³-hybridized carbons (Fsp3) is 0.167. The van der Waals surface area contributed by atoms with Crippen molar-refractivity contribution in [2.75, 3.05) is 6.54 Å². The average molecular weight is 588 g/mol. The number of Topliss-reactive ketones (excluding diaryl/α,β-unsaturated/α-hetero) is 1. The first-order valence-corrected chi connectivity index (χ1v) is 12.9. The van der Waals surface area contributed by atoms with Gasteiger partial charge in [0.2, 0.25) is 0 Å². The molecule has 1 aliphatic carbocycles. The van der Waals surface area contributed by atoms with Crippen LogP contribution in [0.2, 0.25) is 0 Å². The SMILES string of the molecule is CC(=O)c1ncc([C@@H](O)[C@H](O)[C@H](O)CNC(=O)c2ccc(-c3c4ccc(=O)cc-4oc4cc(O)ccc34)c(C(=O)O)c2)[nH]1. The van der Waals surface area contributed by atoms with Gasteiger partial charge in [-0.1, -0.05) is 6.07 Å². The van der Waals surface area contributed by atoms with E-state index in [9.17, 15) is 44.7 Å². The second-order valence-corrected chi connectivity index (χ2v) is 9.84. The number of H-pyrrole nitrogens is 1. The molecule has 0 spiro atoms. The maximum Gasteiger partial charge on any atom is 0.336 e. The van der Waals surface area contributed by atoms with Crippen molar-refractivity contribution in [3.05, 3.63) is 93.7 Å². The molecule has 0 saturated carbocycles. The van der Waals surface area contributed by atoms with Crippen molar-refractivity contribution in [1.29, 1.82) is 0 Å². The van der Waals surface area contributed by atoms with Crippen LogP contribution in [0, 0.1) is 0 Å². The first-order valence-electron chi connectivity index (χ1n) is 12.9. The number of amides is 1. The van der Waals surface area contributed by atoms with E-state index in [1.54, 1.807) is 6.07 Å². The van der Waals surface area contributed by atoms with E-state index in [2.05, 4.69) is 15.3 Å². The van der Waals surface area contributed by atoms with Crippen molar-refractivity contribution in [3.8, 4) is 28.2 Å². The fourth-order valence-electron chi connectivity index (χ4n) is 4.71. The Kier molecular flexibility index (Phi) is 7.78. The zero-order chi connectivity index (χ0) is 31.0. The zero-order valence-corrected chi connectivity index (χ0v) is 22.4. The molecule has 13 nitrogen and oxygen atoms in total. The number of aromatic hydroxyl groups is 1. The van der Waals surface area contributed by atoms with Crippen LogP contribution >= 0.6 is 0 Å². The van der Waals surface area contributed by atoms with E-state index in [0.29, 0.717) is 16.5 Å². The average Bonchev–Trinajstić information content (AvgIpc) is 3.48. The van der Waals surface area contributed by atoms with E-state index < -0.39 is 42.5 Å². The number of hydrogen-bond donors (Lipinski definition) is 7. The number of carboxylic acids is 1. The highest BCUT2D eigenvalue weighted by Gasteiger charge is 2.29. The van der Waals surface area contributed by atoms with E-state index in [0.717, 1.165) is 12.3 Å². The van der Waals surface area contributed by atoms with Crippen LogP contribution in [0.15, 0.2) is 70.0 Å². The van der Waals surface area contributed by atoms with Crippen molar-refractivity contribution < 1.29 is 44.3 Å². The lowest BCUT2D eigenvalue weighted by Crippen LogP contribution is -2.41. The Bertz CT molecular complexity index is 1910. The van der Waals surface area contributed by atoms with Crippen LogP contribution in [-0.4, -0.2) is 71.9 Å². The first kappa shape index (κ1) is 29.1. The number of benzene rings is 3. The molecule has 0 fully saturated rings. The first-order chi connectivity index (χ1) is 20.4. The third kappa shape index (κ3) is 5.72. The van der Waals surface area contributed by atoms with Crippen molar-refractivity contribution in [3.63, 3.8) is 0 Å². The Morgan fingerprint density at radius 2 is 1.74 bits per heavy atom. The summed E-state index contributed by atoms with van der Waals surface area (Å²) in [4.78, 5) is 55.0. The molecule has 3 atom stereocenters. The Morgan fingerprint density at radius 1 is 1.00 bits per heavy atom. The standard InChI is InChI=1S/C30H25N3O10/c1-13(34)28-31-11-21(33-28)26(38)27(39)22(37)12-32-29(40)14-2-5-17(20(8-14)30(41)42)25-18-6-3-15(35)9-23(18)43-24-10-16(36)4-7-19(24)25/h2-11,22,26-27,35,37-39H,12H2,1H3,(H,31,33)(H,32,40)(H,41,42)/t22-,26-,27-/m1/s1. The number of aliphatic hydroxyl groups is 3. The van der Waals surface area contributed by atoms with Gasteiger partial charge in [0.1, 0.15) is 35.4 Å². The third-order valence-corrected chi connectivity index (χ3v) is 6.90. The summed E-state index contributed by atoms with van der Waals surface area (Å²) >= 11 is 0. The predicted molar refractivity (Wildman–Crippen MR) is 151 cm³/mol. The van der Waals surface area contributed by atoms with E-state index in [1.165, 1.54) is 49.4 Å². The summed E-state index contributed by atoms with van der Waals surface area (Å²) in [5.74, 6) is -2.49. The lowest BCUT2D eigenvalue weighted by atomic mass is 9.90. The highest BCUT2D eigenvalue weighted by molar-refractivity contribution is 6.09. The topological polar surface area (TPSA) is 223 Å². The number of aliphatic hydroxyl groups excluding tert-OH is 3. The van der Waals surface area contributed by atoms with Crippen molar-refractivity contribution in [2.24, 2.45) is 0 Å². The molecule has 43 heavy (non-hydrogen) atoms. The summed E-state index contributed by atoms with van der Waals surface area (Å²) in [5.41, 5.74) is 0.572. The molecule has 0 saturated heterocycles. The van der Waals surface area contributed by atoms with Gasteiger partial charge in [-0.05, 0) is 42.0 Å². The molecule has 220 valence electrons. The summed E-state index contributed by atoms with van der Waals surface area (Å²) in [5, 5.41) is 54.0. The van der Waals surface area contributed by atoms with Crippen molar-refractivity contribution >= 4 is 28.6 Å². The Labute approximate surface area is 242 Å². The van der Waals surface area contributed by atoms with Gasteiger partial charge in [-0.3, -0.25) is 14.4 Å². The fourth-order valence-corrected chi connectivity index (χ4v) is 4.71. The minimum absolute atomic E-state index is 0.0137. The van der Waals surface area contributed by atoms with Crippen LogP contribution < -0.4 is 10.7 Å². The Morgan fingerprint density at radius 3 is 2.44 bits per heavy atom. The van der Waals surface area contributed by atoms with Gasteiger partial charge in [0.05, 0.1) is 17.5 Å². The summed E-state index contributed by atoms with van der Waals surface area (Å²) in [6.07, 6.45) is -3.92. The number of aromatic amines is 1. The molecule has 13 heteroatoms. The third-order valence-electron chi connectivity index (χ3n) is 6.90. The summed E-state index contributed by atoms with van der Waals surface area (Å²) < 4.78 is 5.81. The monoisotopic (exact) mass is 587 g/mol. The maximum absolute atomic E-state index is 12.9. The maximum atomic E-state index is 12.9. The Hall–Kier alpha value is -5.37. The number of carboxylic acid groups (broad SMARTS) is 1. The van der Waals surface area contributed by atoms with Gasteiger partial charge in [0.15, 0.2) is 17.0 Å². The Balaban J connectivity index is 1.43. The van der Waals surface area contributed by atoms with E-state index >= 15 is 0 Å². The quantitative estimate of drug-likeness (QED) is 0.0976. The molecule has 1 aromatic heterocycles. The van der Waals surface area contributed by atoms with Crippen LogP contribution in [0.1, 0.15) is 50.1 Å². The normalized spacial score (nSPS) is 13.5. The van der Waals surface area contributed by atoms with E-state index in [4.69, 9.17) is 4.42 Å². The minimum atomic E-state index is -1.77. The largest absolute Gasteiger partial charge is 0.508 e. The molecule has 7 N–H and O–H groups in total. The molecular weight excluding hydrogens is 562 g/mol. The number of carbonyl (C=O) groups excluding carboxylic acids is 2. The minimum Gasteiger partial charge on any atom is -0.508 e. The van der Waals surface area contributed by atoms with E-state index in [1.807, 2.05) is 0 Å². The summed E-state index contributed by atoms with van der Waals surface area (Å²) in [6, 6.07) is 12.3. The van der Waals surface area contributed by atoms with Gasteiger partial charge in [0, 0.05) is 47.7 Å². The van der Waals surface area contributed by atoms with Gasteiger partial charge in [0.25, 0.3) is 5.91 Å². The molecule has 2 aromatic carbocycles. The van der Waals surface area contributed by atoms with Crippen LogP contribution in [0.5, 0.6) is 5.75 Å². The van der Waals surface area contributed by atoms with Crippen LogP contribution in [0.3, 0.4) is 0 Å². The summed E-state index contributed by atoms with van der Waals surface area (Å²) in [7, 11) is 0. The second-order valence-electron chi connectivity index (χ2n) is 9.84. The number of imidazole rings is 1. The molecule has 5 rings (SSSR count). The van der Waals surface area contributed by atoms with Crippen LogP contribution in [-0.2, 0) is 0 Å². The number of hydrogen-bond acceptors (Lipinski definition) is 10. The van der Waals surface area contributed by atoms with Crippen molar-refractivity contribution in [2.45, 2.75) is 25.2 Å². The van der Waals surface area contributed by atoms with Gasteiger partial charge >= 0.3 is 5.97 Å². The molecular formula is C30H25N3O10. The van der Waals surface area contributed by atoms with Gasteiger partial charge in [-0.2, -0.15) is 0 Å². The molecule has 0 radical (unpaired) electrons. The number of phenolic OH excluding ortho intramolecular Hbond substituents is 1. The highest BCUT2D eigenvalue weighted by Crippen LogP contribution is 2.42. The zero-order valence-electron chi connectivity index (χ0n) is 22.4. The van der Waals surface area contributed by atoms with Gasteiger partial charge < -0.3 is 40.3 Å². The number of rotatable bonds is 9. The number of phenols is 1. The molecule has 2 heterocycles. The van der Waals surface area contributed by atoms with Crippen molar-refractivity contribution in [1.82, 2.24) is 15.3 Å². The second kappa shape index (κ2) is 11.5. The lowest BCUT2D eigenvalue weighted by Gasteiger charge is -2.22. The molecule has 2 aliphatic rings. The molecule has 1 amide bonds.